The molecule has 9 aromatic carbocycles. The highest BCUT2D eigenvalue weighted by atomic mass is 16.3. The lowest BCUT2D eigenvalue weighted by Gasteiger charge is -2.28. The summed E-state index contributed by atoms with van der Waals surface area (Å²) >= 11 is 0. The van der Waals surface area contributed by atoms with E-state index in [1.54, 1.807) is 0 Å². The minimum Gasteiger partial charge on any atom is -0.456 e. The van der Waals surface area contributed by atoms with Gasteiger partial charge in [0.15, 0.2) is 0 Å². The molecule has 0 saturated heterocycles. The molecule has 1 heterocycles. The van der Waals surface area contributed by atoms with E-state index in [0.29, 0.717) is 0 Å². The zero-order valence-corrected chi connectivity index (χ0v) is 31.9. The summed E-state index contributed by atoms with van der Waals surface area (Å²) in [5, 5.41) is 4.81. The Kier molecular flexibility index (Phi) is 7.55. The van der Waals surface area contributed by atoms with Crippen LogP contribution in [0.5, 0.6) is 0 Å². The first-order chi connectivity index (χ1) is 28.0. The fraction of sp³-hybridized carbons (Fsp3) is 0.0545. The highest BCUT2D eigenvalue weighted by Gasteiger charge is 2.36. The van der Waals surface area contributed by atoms with Gasteiger partial charge >= 0.3 is 0 Å². The molecule has 10 aromatic rings. The first kappa shape index (κ1) is 33.2. The lowest BCUT2D eigenvalue weighted by Crippen LogP contribution is -2.16. The summed E-state index contributed by atoms with van der Waals surface area (Å²) in [6, 6.07) is 72.8. The van der Waals surface area contributed by atoms with E-state index < -0.39 is 0 Å². The van der Waals surface area contributed by atoms with Crippen LogP contribution in [0.25, 0.3) is 77.2 Å². The van der Waals surface area contributed by atoms with Gasteiger partial charge in [-0.2, -0.15) is 0 Å². The second kappa shape index (κ2) is 13.0. The molecule has 0 fully saturated rings. The van der Waals surface area contributed by atoms with Crippen molar-refractivity contribution >= 4 is 49.8 Å². The van der Waals surface area contributed by atoms with Crippen LogP contribution < -0.4 is 4.90 Å². The number of hydrogen-bond donors (Lipinski definition) is 0. The predicted molar refractivity (Wildman–Crippen MR) is 240 cm³/mol. The summed E-state index contributed by atoms with van der Waals surface area (Å²) in [5.41, 5.74) is 17.6. The Labute approximate surface area is 332 Å². The van der Waals surface area contributed by atoms with Crippen LogP contribution in [-0.4, -0.2) is 0 Å². The molecular weight excluding hydrogens is 691 g/mol. The smallest absolute Gasteiger partial charge is 0.135 e. The molecule has 2 nitrogen and oxygen atoms in total. The average molecular weight is 730 g/mol. The maximum atomic E-state index is 6.13. The van der Waals surface area contributed by atoms with E-state index in [1.807, 2.05) is 12.1 Å². The van der Waals surface area contributed by atoms with Gasteiger partial charge in [0, 0.05) is 33.2 Å². The number of furan rings is 1. The van der Waals surface area contributed by atoms with E-state index in [2.05, 4.69) is 207 Å². The summed E-state index contributed by atoms with van der Waals surface area (Å²) < 4.78 is 6.13. The van der Waals surface area contributed by atoms with Gasteiger partial charge in [0.05, 0.1) is 0 Å². The lowest BCUT2D eigenvalue weighted by molar-refractivity contribution is 0.660. The Hall–Kier alpha value is -7.16. The van der Waals surface area contributed by atoms with Gasteiger partial charge in [-0.25, -0.2) is 0 Å². The van der Waals surface area contributed by atoms with Crippen LogP contribution >= 0.6 is 0 Å². The molecule has 0 aliphatic heterocycles. The zero-order valence-electron chi connectivity index (χ0n) is 31.9. The van der Waals surface area contributed by atoms with E-state index in [4.69, 9.17) is 4.42 Å². The molecular formula is C55H39NO. The van der Waals surface area contributed by atoms with Gasteiger partial charge in [0.1, 0.15) is 11.2 Å². The van der Waals surface area contributed by atoms with Crippen molar-refractivity contribution in [3.8, 4) is 44.5 Å². The molecule has 1 aliphatic rings. The molecule has 0 spiro atoms. The number of para-hydroxylation sites is 1. The molecule has 1 aromatic heterocycles. The summed E-state index contributed by atoms with van der Waals surface area (Å²) in [6.07, 6.45) is 0. The van der Waals surface area contributed by atoms with Crippen molar-refractivity contribution in [2.24, 2.45) is 0 Å². The van der Waals surface area contributed by atoms with Crippen molar-refractivity contribution in [1.29, 1.82) is 0 Å². The maximum Gasteiger partial charge on any atom is 0.135 e. The number of anilines is 3. The van der Waals surface area contributed by atoms with E-state index in [1.165, 1.54) is 60.8 Å². The van der Waals surface area contributed by atoms with Crippen LogP contribution in [0.15, 0.2) is 205 Å². The van der Waals surface area contributed by atoms with Gasteiger partial charge in [-0.3, -0.25) is 0 Å². The van der Waals surface area contributed by atoms with Crippen molar-refractivity contribution in [2.75, 3.05) is 4.90 Å². The minimum absolute atomic E-state index is 0.184. The molecule has 0 N–H and O–H groups in total. The summed E-state index contributed by atoms with van der Waals surface area (Å²) in [4.78, 5) is 2.39. The summed E-state index contributed by atoms with van der Waals surface area (Å²) in [6.45, 7) is 4.75. The van der Waals surface area contributed by atoms with Crippen LogP contribution in [0.4, 0.5) is 17.1 Å². The third-order valence-corrected chi connectivity index (χ3v) is 12.1. The molecule has 11 rings (SSSR count). The molecule has 0 amide bonds. The molecule has 1 aliphatic carbocycles. The van der Waals surface area contributed by atoms with Crippen molar-refractivity contribution in [1.82, 2.24) is 0 Å². The van der Waals surface area contributed by atoms with Crippen LogP contribution in [-0.2, 0) is 5.41 Å². The molecule has 0 atom stereocenters. The van der Waals surface area contributed by atoms with E-state index in [0.717, 1.165) is 44.6 Å². The largest absolute Gasteiger partial charge is 0.456 e. The Morgan fingerprint density at radius 1 is 0.351 bits per heavy atom. The normalized spacial score (nSPS) is 12.9. The summed E-state index contributed by atoms with van der Waals surface area (Å²) in [7, 11) is 0. The third-order valence-electron chi connectivity index (χ3n) is 12.1. The standard InChI is InChI=1S/C55H39NO/c1-55(2)51-34-43(41-17-16-37-12-6-7-13-40(37)32-41)22-29-47(51)48-30-28-46(35-52(48)55)56(44-24-18-38(19-25-44)36-10-4-3-5-11-36)45-26-20-39(21-27-45)42-23-31-54-50(33-42)49-14-8-9-15-53(49)57-54/h3-35H,1-2H3. The number of rotatable bonds is 6. The Bertz CT molecular complexity index is 3130. The molecule has 270 valence electrons. The van der Waals surface area contributed by atoms with Crippen LogP contribution in [0.2, 0.25) is 0 Å². The van der Waals surface area contributed by atoms with E-state index in [-0.39, 0.29) is 5.41 Å². The van der Waals surface area contributed by atoms with Gasteiger partial charge in [-0.1, -0.05) is 147 Å². The molecule has 0 unspecified atom stereocenters. The molecule has 0 radical (unpaired) electrons. The minimum atomic E-state index is -0.184. The zero-order chi connectivity index (χ0) is 38.1. The van der Waals surface area contributed by atoms with E-state index >= 15 is 0 Å². The van der Waals surface area contributed by atoms with Crippen molar-refractivity contribution in [3.05, 3.63) is 211 Å². The second-order valence-electron chi connectivity index (χ2n) is 15.8. The Morgan fingerprint density at radius 3 is 1.63 bits per heavy atom. The molecule has 0 bridgehead atoms. The average Bonchev–Trinajstić information content (AvgIpc) is 3.75. The first-order valence-electron chi connectivity index (χ1n) is 19.7. The second-order valence-corrected chi connectivity index (χ2v) is 15.8. The number of fused-ring (bicyclic) bond motifs is 7. The van der Waals surface area contributed by atoms with Crippen molar-refractivity contribution in [3.63, 3.8) is 0 Å². The summed E-state index contributed by atoms with van der Waals surface area (Å²) in [5.74, 6) is 0. The van der Waals surface area contributed by atoms with Crippen LogP contribution in [0.3, 0.4) is 0 Å². The van der Waals surface area contributed by atoms with Crippen molar-refractivity contribution < 1.29 is 4.42 Å². The van der Waals surface area contributed by atoms with Gasteiger partial charge < -0.3 is 9.32 Å². The molecule has 2 heteroatoms. The Balaban J connectivity index is 0.987. The maximum absolute atomic E-state index is 6.13. The highest BCUT2D eigenvalue weighted by molar-refractivity contribution is 6.06. The predicted octanol–water partition coefficient (Wildman–Crippen LogP) is 15.5. The molecule has 0 saturated carbocycles. The lowest BCUT2D eigenvalue weighted by atomic mass is 9.81. The van der Waals surface area contributed by atoms with Gasteiger partial charge in [-0.15, -0.1) is 0 Å². The quantitative estimate of drug-likeness (QED) is 0.169. The number of hydrogen-bond acceptors (Lipinski definition) is 2. The fourth-order valence-electron chi connectivity index (χ4n) is 9.00. The van der Waals surface area contributed by atoms with Crippen LogP contribution in [0, 0.1) is 0 Å². The van der Waals surface area contributed by atoms with E-state index in [9.17, 15) is 0 Å². The fourth-order valence-corrected chi connectivity index (χ4v) is 9.00. The van der Waals surface area contributed by atoms with Crippen molar-refractivity contribution in [2.45, 2.75) is 19.3 Å². The molecule has 57 heavy (non-hydrogen) atoms. The Morgan fingerprint density at radius 2 is 0.860 bits per heavy atom. The number of benzene rings is 9. The van der Waals surface area contributed by atoms with Crippen LogP contribution in [0.1, 0.15) is 25.0 Å². The van der Waals surface area contributed by atoms with Gasteiger partial charge in [-0.05, 0) is 133 Å². The SMILES string of the molecule is CC1(C)c2cc(-c3ccc4ccccc4c3)ccc2-c2ccc(N(c3ccc(-c4ccccc4)cc3)c3ccc(-c4ccc5oc6ccccc6c5c4)cc3)cc21. The number of nitrogens with zero attached hydrogens (tertiary/aromatic N) is 1. The first-order valence-corrected chi connectivity index (χ1v) is 19.7. The third kappa shape index (κ3) is 5.56. The topological polar surface area (TPSA) is 16.4 Å². The highest BCUT2D eigenvalue weighted by Crippen LogP contribution is 2.52. The van der Waals surface area contributed by atoms with Gasteiger partial charge in [0.2, 0.25) is 0 Å². The van der Waals surface area contributed by atoms with Gasteiger partial charge in [0.25, 0.3) is 0 Å². The monoisotopic (exact) mass is 729 g/mol.